The SMILES string of the molecule is O=C(O)c1cc2c(c(S(=O)(=O)NCc3cccs3)c1)CCC2. The second-order valence-electron chi connectivity index (χ2n) is 5.17. The molecule has 0 unspecified atom stereocenters. The zero-order valence-electron chi connectivity index (χ0n) is 11.7. The van der Waals surface area contributed by atoms with Crippen LogP contribution in [0.1, 0.15) is 32.8 Å². The summed E-state index contributed by atoms with van der Waals surface area (Å²) < 4.78 is 27.7. The number of carboxylic acids is 1. The molecular formula is C15H15NO4S2. The molecule has 116 valence electrons. The van der Waals surface area contributed by atoms with Crippen molar-refractivity contribution in [3.63, 3.8) is 0 Å². The number of hydrogen-bond donors (Lipinski definition) is 2. The lowest BCUT2D eigenvalue weighted by Crippen LogP contribution is -2.24. The third-order valence-electron chi connectivity index (χ3n) is 3.73. The zero-order valence-corrected chi connectivity index (χ0v) is 13.3. The highest BCUT2D eigenvalue weighted by molar-refractivity contribution is 7.89. The summed E-state index contributed by atoms with van der Waals surface area (Å²) in [6.45, 7) is 0.214. The van der Waals surface area contributed by atoms with Gasteiger partial charge in [-0.2, -0.15) is 0 Å². The van der Waals surface area contributed by atoms with Crippen LogP contribution in [0.4, 0.5) is 0 Å². The Morgan fingerprint density at radius 2 is 2.14 bits per heavy atom. The minimum atomic E-state index is -3.72. The average molecular weight is 337 g/mol. The summed E-state index contributed by atoms with van der Waals surface area (Å²) in [5.41, 5.74) is 1.61. The van der Waals surface area contributed by atoms with Crippen molar-refractivity contribution in [1.29, 1.82) is 0 Å². The summed E-state index contributed by atoms with van der Waals surface area (Å²) in [5.74, 6) is -1.11. The monoisotopic (exact) mass is 337 g/mol. The van der Waals surface area contributed by atoms with Gasteiger partial charge >= 0.3 is 5.97 Å². The molecule has 0 bridgehead atoms. The lowest BCUT2D eigenvalue weighted by Gasteiger charge is -2.12. The lowest BCUT2D eigenvalue weighted by atomic mass is 10.1. The van der Waals surface area contributed by atoms with Crippen LogP contribution in [0.5, 0.6) is 0 Å². The number of benzene rings is 1. The van der Waals surface area contributed by atoms with Crippen LogP contribution in [-0.4, -0.2) is 19.5 Å². The highest BCUT2D eigenvalue weighted by Gasteiger charge is 2.26. The number of rotatable bonds is 5. The van der Waals surface area contributed by atoms with Crippen LogP contribution in [0.25, 0.3) is 0 Å². The Balaban J connectivity index is 1.97. The molecule has 1 aromatic carbocycles. The van der Waals surface area contributed by atoms with Gasteiger partial charge in [-0.25, -0.2) is 17.9 Å². The molecule has 1 heterocycles. The summed E-state index contributed by atoms with van der Waals surface area (Å²) in [4.78, 5) is 12.2. The molecular weight excluding hydrogens is 322 g/mol. The lowest BCUT2D eigenvalue weighted by molar-refractivity contribution is 0.0696. The number of fused-ring (bicyclic) bond motifs is 1. The molecule has 0 radical (unpaired) electrons. The predicted molar refractivity (Wildman–Crippen MR) is 83.8 cm³/mol. The molecule has 2 N–H and O–H groups in total. The van der Waals surface area contributed by atoms with Crippen molar-refractivity contribution in [2.75, 3.05) is 0 Å². The van der Waals surface area contributed by atoms with Crippen molar-refractivity contribution in [1.82, 2.24) is 4.72 Å². The highest BCUT2D eigenvalue weighted by Crippen LogP contribution is 2.30. The summed E-state index contributed by atoms with van der Waals surface area (Å²) in [6, 6.07) is 6.56. The van der Waals surface area contributed by atoms with Gasteiger partial charge in [0.15, 0.2) is 0 Å². The van der Waals surface area contributed by atoms with Gasteiger partial charge in [-0.05, 0) is 54.0 Å². The van der Waals surface area contributed by atoms with Gasteiger partial charge in [0.1, 0.15) is 0 Å². The molecule has 22 heavy (non-hydrogen) atoms. The Kier molecular flexibility index (Phi) is 4.03. The third-order valence-corrected chi connectivity index (χ3v) is 6.07. The van der Waals surface area contributed by atoms with Crippen LogP contribution in [0.15, 0.2) is 34.5 Å². The molecule has 0 saturated heterocycles. The van der Waals surface area contributed by atoms with Gasteiger partial charge < -0.3 is 5.11 Å². The summed E-state index contributed by atoms with van der Waals surface area (Å²) >= 11 is 1.47. The van der Waals surface area contributed by atoms with E-state index in [1.54, 1.807) is 6.07 Å². The number of carbonyl (C=O) groups is 1. The molecule has 1 aliphatic carbocycles. The number of nitrogens with one attached hydrogen (secondary N) is 1. The first-order valence-corrected chi connectivity index (χ1v) is 9.25. The fourth-order valence-electron chi connectivity index (χ4n) is 2.69. The van der Waals surface area contributed by atoms with Gasteiger partial charge in [-0.1, -0.05) is 6.07 Å². The van der Waals surface area contributed by atoms with E-state index in [1.165, 1.54) is 17.4 Å². The molecule has 0 spiro atoms. The van der Waals surface area contributed by atoms with E-state index in [9.17, 15) is 18.3 Å². The van der Waals surface area contributed by atoms with E-state index in [0.29, 0.717) is 6.42 Å². The van der Waals surface area contributed by atoms with Crippen LogP contribution < -0.4 is 4.72 Å². The molecule has 0 aliphatic heterocycles. The van der Waals surface area contributed by atoms with E-state index in [-0.39, 0.29) is 17.0 Å². The highest BCUT2D eigenvalue weighted by atomic mass is 32.2. The maximum absolute atomic E-state index is 12.6. The smallest absolute Gasteiger partial charge is 0.335 e. The summed E-state index contributed by atoms with van der Waals surface area (Å²) in [5, 5.41) is 11.1. The van der Waals surface area contributed by atoms with E-state index in [4.69, 9.17) is 0 Å². The van der Waals surface area contributed by atoms with E-state index in [1.807, 2.05) is 17.5 Å². The normalized spacial score (nSPS) is 14.0. The van der Waals surface area contributed by atoms with Crippen molar-refractivity contribution in [2.45, 2.75) is 30.7 Å². The van der Waals surface area contributed by atoms with Crippen LogP contribution in [0.3, 0.4) is 0 Å². The van der Waals surface area contributed by atoms with Crippen molar-refractivity contribution in [2.24, 2.45) is 0 Å². The maximum Gasteiger partial charge on any atom is 0.335 e. The number of aromatic carboxylic acids is 1. The molecule has 7 heteroatoms. The quantitative estimate of drug-likeness (QED) is 0.877. The first-order chi connectivity index (χ1) is 10.5. The van der Waals surface area contributed by atoms with Gasteiger partial charge in [-0.15, -0.1) is 11.3 Å². The molecule has 0 amide bonds. The van der Waals surface area contributed by atoms with Crippen molar-refractivity contribution >= 4 is 27.3 Å². The standard InChI is InChI=1S/C15H15NO4S2/c17-15(18)11-7-10-3-1-5-13(10)14(8-11)22(19,20)16-9-12-4-2-6-21-12/h2,4,6-8,16H,1,3,5,9H2,(H,17,18). The van der Waals surface area contributed by atoms with Gasteiger partial charge in [0.05, 0.1) is 10.5 Å². The first-order valence-electron chi connectivity index (χ1n) is 6.88. The topological polar surface area (TPSA) is 83.5 Å². The Morgan fingerprint density at radius 1 is 1.32 bits per heavy atom. The number of aryl methyl sites for hydroxylation is 1. The second kappa shape index (κ2) is 5.83. The summed E-state index contributed by atoms with van der Waals surface area (Å²) in [6.07, 6.45) is 2.25. The average Bonchev–Trinajstić information content (AvgIpc) is 3.15. The predicted octanol–water partition coefficient (Wildman–Crippen LogP) is 2.41. The Hall–Kier alpha value is -1.70. The molecule has 0 fully saturated rings. The van der Waals surface area contributed by atoms with Gasteiger partial charge in [0.25, 0.3) is 0 Å². The Bertz CT molecular complexity index is 810. The fourth-order valence-corrected chi connectivity index (χ4v) is 4.76. The molecule has 0 atom stereocenters. The van der Waals surface area contributed by atoms with Crippen LogP contribution >= 0.6 is 11.3 Å². The molecule has 1 aliphatic rings. The van der Waals surface area contributed by atoms with Crippen molar-refractivity contribution in [3.8, 4) is 0 Å². The van der Waals surface area contributed by atoms with E-state index < -0.39 is 16.0 Å². The van der Waals surface area contributed by atoms with Crippen molar-refractivity contribution < 1.29 is 18.3 Å². The Morgan fingerprint density at radius 3 is 2.82 bits per heavy atom. The minimum Gasteiger partial charge on any atom is -0.478 e. The zero-order chi connectivity index (χ0) is 15.7. The molecule has 5 nitrogen and oxygen atoms in total. The van der Waals surface area contributed by atoms with Crippen LogP contribution in [0.2, 0.25) is 0 Å². The maximum atomic E-state index is 12.6. The van der Waals surface area contributed by atoms with Crippen LogP contribution in [0, 0.1) is 0 Å². The van der Waals surface area contributed by atoms with Crippen LogP contribution in [-0.2, 0) is 29.4 Å². The second-order valence-corrected chi connectivity index (χ2v) is 7.94. The fraction of sp³-hybridized carbons (Fsp3) is 0.267. The van der Waals surface area contributed by atoms with E-state index in [0.717, 1.165) is 28.8 Å². The summed E-state index contributed by atoms with van der Waals surface area (Å²) in [7, 11) is -3.72. The number of hydrogen-bond acceptors (Lipinski definition) is 4. The van der Waals surface area contributed by atoms with Gasteiger partial charge in [0, 0.05) is 11.4 Å². The number of sulfonamides is 1. The van der Waals surface area contributed by atoms with Gasteiger partial charge in [-0.3, -0.25) is 0 Å². The molecule has 3 rings (SSSR count). The van der Waals surface area contributed by atoms with Crippen molar-refractivity contribution in [3.05, 3.63) is 51.2 Å². The Labute approximate surface area is 132 Å². The van der Waals surface area contributed by atoms with E-state index >= 15 is 0 Å². The van der Waals surface area contributed by atoms with Gasteiger partial charge in [0.2, 0.25) is 10.0 Å². The third kappa shape index (κ3) is 2.92. The molecule has 0 saturated carbocycles. The largest absolute Gasteiger partial charge is 0.478 e. The number of thiophene rings is 1. The first kappa shape index (κ1) is 15.2. The molecule has 1 aromatic heterocycles. The minimum absolute atomic E-state index is 0.0251. The van der Waals surface area contributed by atoms with E-state index in [2.05, 4.69) is 4.72 Å². The molecule has 2 aromatic rings. The number of carboxylic acid groups (broad SMARTS) is 1.